The number of aliphatic carboxylic acids is 1. The van der Waals surface area contributed by atoms with E-state index in [1.165, 1.54) is 0 Å². The molecule has 1 amide bonds. The Morgan fingerprint density at radius 2 is 1.70 bits per heavy atom. The molecule has 1 aromatic carbocycles. The molecular formula is C16H19NO3. The fourth-order valence-corrected chi connectivity index (χ4v) is 3.47. The lowest BCUT2D eigenvalue weighted by Crippen LogP contribution is -2.58. The molecule has 3 rings (SSSR count). The van der Waals surface area contributed by atoms with E-state index in [2.05, 4.69) is 0 Å². The average molecular weight is 273 g/mol. The molecule has 2 fully saturated rings. The Morgan fingerprint density at radius 1 is 1.10 bits per heavy atom. The van der Waals surface area contributed by atoms with Crippen molar-refractivity contribution in [3.63, 3.8) is 0 Å². The Morgan fingerprint density at radius 3 is 2.25 bits per heavy atom. The van der Waals surface area contributed by atoms with E-state index in [1.54, 1.807) is 4.90 Å². The summed E-state index contributed by atoms with van der Waals surface area (Å²) in [5.74, 6) is -1.05. The highest BCUT2D eigenvalue weighted by Gasteiger charge is 2.48. The summed E-state index contributed by atoms with van der Waals surface area (Å²) in [5, 5.41) is 8.94. The molecule has 1 aliphatic heterocycles. The number of carbonyl (C=O) groups is 2. The van der Waals surface area contributed by atoms with Gasteiger partial charge in [-0.1, -0.05) is 43.2 Å². The topological polar surface area (TPSA) is 57.6 Å². The third kappa shape index (κ3) is 1.99. The summed E-state index contributed by atoms with van der Waals surface area (Å²) in [7, 11) is 0. The molecular weight excluding hydrogens is 254 g/mol. The zero-order valence-electron chi connectivity index (χ0n) is 11.4. The van der Waals surface area contributed by atoms with E-state index < -0.39 is 11.4 Å². The van der Waals surface area contributed by atoms with Crippen LogP contribution >= 0.6 is 0 Å². The molecule has 20 heavy (non-hydrogen) atoms. The number of nitrogens with zero attached hydrogens (tertiary/aromatic N) is 1. The second kappa shape index (κ2) is 4.93. The van der Waals surface area contributed by atoms with Crippen molar-refractivity contribution >= 4 is 11.9 Å². The molecule has 0 aromatic heterocycles. The van der Waals surface area contributed by atoms with Gasteiger partial charge in [0.2, 0.25) is 5.91 Å². The van der Waals surface area contributed by atoms with Gasteiger partial charge < -0.3 is 10.0 Å². The van der Waals surface area contributed by atoms with Crippen LogP contribution in [0.25, 0.3) is 0 Å². The maximum absolute atomic E-state index is 12.9. The lowest BCUT2D eigenvalue weighted by Gasteiger charge is -2.42. The van der Waals surface area contributed by atoms with Gasteiger partial charge in [0.05, 0.1) is 11.3 Å². The van der Waals surface area contributed by atoms with Gasteiger partial charge in [0.25, 0.3) is 0 Å². The van der Waals surface area contributed by atoms with E-state index >= 15 is 0 Å². The molecule has 1 aromatic rings. The van der Waals surface area contributed by atoms with Crippen LogP contribution < -0.4 is 0 Å². The zero-order chi connectivity index (χ0) is 14.2. The minimum atomic E-state index is -0.797. The lowest BCUT2D eigenvalue weighted by molar-refractivity contribution is -0.155. The summed E-state index contributed by atoms with van der Waals surface area (Å²) in [6, 6.07) is 9.95. The Hall–Kier alpha value is -1.84. The molecule has 0 radical (unpaired) electrons. The van der Waals surface area contributed by atoms with Gasteiger partial charge in [-0.15, -0.1) is 0 Å². The summed E-state index contributed by atoms with van der Waals surface area (Å²) in [5.41, 5.74) is 0.673. The van der Waals surface area contributed by atoms with Crippen LogP contribution in [0.2, 0.25) is 0 Å². The molecule has 1 saturated carbocycles. The van der Waals surface area contributed by atoms with Crippen LogP contribution in [-0.2, 0) is 15.0 Å². The standard InChI is InChI=1S/C16H19NO3/c18-14(19)12-10-17(11-12)15(20)16(8-4-5-9-16)13-6-2-1-3-7-13/h1-3,6-7,12H,4-5,8-11H2,(H,18,19). The fraction of sp³-hybridized carbons (Fsp3) is 0.500. The number of carbonyl (C=O) groups excluding carboxylic acids is 1. The van der Waals surface area contributed by atoms with Crippen LogP contribution in [0.5, 0.6) is 0 Å². The van der Waals surface area contributed by atoms with Gasteiger partial charge in [0.1, 0.15) is 0 Å². The van der Waals surface area contributed by atoms with Crippen molar-refractivity contribution in [3.05, 3.63) is 35.9 Å². The number of likely N-dealkylation sites (tertiary alicyclic amines) is 1. The van der Waals surface area contributed by atoms with Crippen molar-refractivity contribution in [2.45, 2.75) is 31.1 Å². The van der Waals surface area contributed by atoms with E-state index in [0.29, 0.717) is 13.1 Å². The summed E-state index contributed by atoms with van der Waals surface area (Å²) in [6.45, 7) is 0.728. The Labute approximate surface area is 118 Å². The molecule has 4 heteroatoms. The minimum Gasteiger partial charge on any atom is -0.481 e. The number of benzene rings is 1. The first-order valence-corrected chi connectivity index (χ1v) is 7.21. The van der Waals surface area contributed by atoms with Gasteiger partial charge in [0, 0.05) is 13.1 Å². The predicted molar refractivity (Wildman–Crippen MR) is 74.3 cm³/mol. The first-order valence-electron chi connectivity index (χ1n) is 7.21. The minimum absolute atomic E-state index is 0.124. The lowest BCUT2D eigenvalue weighted by atomic mass is 9.76. The largest absolute Gasteiger partial charge is 0.481 e. The molecule has 1 heterocycles. The summed E-state index contributed by atoms with van der Waals surface area (Å²) in [4.78, 5) is 25.5. The second-order valence-electron chi connectivity index (χ2n) is 5.90. The second-order valence-corrected chi connectivity index (χ2v) is 5.90. The first-order chi connectivity index (χ1) is 9.63. The predicted octanol–water partition coefficient (Wildman–Crippen LogP) is 2.04. The molecule has 0 spiro atoms. The Kier molecular flexibility index (Phi) is 3.24. The molecule has 2 aliphatic rings. The number of rotatable bonds is 3. The van der Waals surface area contributed by atoms with Crippen molar-refractivity contribution in [3.8, 4) is 0 Å². The first kappa shape index (κ1) is 13.2. The van der Waals surface area contributed by atoms with Gasteiger partial charge in [-0.25, -0.2) is 0 Å². The summed E-state index contributed by atoms with van der Waals surface area (Å²) >= 11 is 0. The van der Waals surface area contributed by atoms with E-state index in [1.807, 2.05) is 30.3 Å². The Bertz CT molecular complexity index is 514. The van der Waals surface area contributed by atoms with Crippen LogP contribution in [0.1, 0.15) is 31.2 Å². The number of carboxylic acids is 1. The quantitative estimate of drug-likeness (QED) is 0.917. The van der Waals surface area contributed by atoms with Gasteiger partial charge >= 0.3 is 5.97 Å². The van der Waals surface area contributed by atoms with Gasteiger partial charge in [0.15, 0.2) is 0 Å². The van der Waals surface area contributed by atoms with E-state index in [4.69, 9.17) is 5.11 Å². The van der Waals surface area contributed by atoms with Crippen molar-refractivity contribution in [2.24, 2.45) is 5.92 Å². The molecule has 0 bridgehead atoms. The average Bonchev–Trinajstić information content (AvgIpc) is 2.88. The van der Waals surface area contributed by atoms with Crippen LogP contribution in [0.15, 0.2) is 30.3 Å². The maximum atomic E-state index is 12.9. The molecule has 1 aliphatic carbocycles. The number of amides is 1. The molecule has 0 atom stereocenters. The molecule has 106 valence electrons. The van der Waals surface area contributed by atoms with Crippen molar-refractivity contribution in [1.29, 1.82) is 0 Å². The zero-order valence-corrected chi connectivity index (χ0v) is 11.4. The normalized spacial score (nSPS) is 21.5. The van der Waals surface area contributed by atoms with Crippen molar-refractivity contribution in [2.75, 3.05) is 13.1 Å². The smallest absolute Gasteiger partial charge is 0.310 e. The molecule has 1 saturated heterocycles. The number of carboxylic acid groups (broad SMARTS) is 1. The van der Waals surface area contributed by atoms with Crippen LogP contribution in [0.4, 0.5) is 0 Å². The number of hydrogen-bond acceptors (Lipinski definition) is 2. The molecule has 0 unspecified atom stereocenters. The highest BCUT2D eigenvalue weighted by Crippen LogP contribution is 2.43. The van der Waals surface area contributed by atoms with Gasteiger partial charge in [-0.2, -0.15) is 0 Å². The third-order valence-corrected chi connectivity index (χ3v) is 4.71. The SMILES string of the molecule is O=C(O)C1CN(C(=O)C2(c3ccccc3)CCCC2)C1. The molecule has 1 N–H and O–H groups in total. The maximum Gasteiger partial charge on any atom is 0.310 e. The third-order valence-electron chi connectivity index (χ3n) is 4.71. The van der Waals surface area contributed by atoms with Gasteiger partial charge in [-0.05, 0) is 18.4 Å². The van der Waals surface area contributed by atoms with Crippen LogP contribution in [0.3, 0.4) is 0 Å². The van der Waals surface area contributed by atoms with E-state index in [9.17, 15) is 9.59 Å². The highest BCUT2D eigenvalue weighted by atomic mass is 16.4. The Balaban J connectivity index is 1.82. The van der Waals surface area contributed by atoms with E-state index in [0.717, 1.165) is 31.2 Å². The monoisotopic (exact) mass is 273 g/mol. The van der Waals surface area contributed by atoms with Crippen molar-refractivity contribution < 1.29 is 14.7 Å². The van der Waals surface area contributed by atoms with Gasteiger partial charge in [-0.3, -0.25) is 9.59 Å². The summed E-state index contributed by atoms with van der Waals surface area (Å²) < 4.78 is 0. The van der Waals surface area contributed by atoms with Crippen molar-refractivity contribution in [1.82, 2.24) is 4.90 Å². The van der Waals surface area contributed by atoms with Crippen LogP contribution in [0, 0.1) is 5.92 Å². The highest BCUT2D eigenvalue weighted by molar-refractivity contribution is 5.90. The molecule has 4 nitrogen and oxygen atoms in total. The summed E-state index contributed by atoms with van der Waals surface area (Å²) in [6.07, 6.45) is 3.89. The van der Waals surface area contributed by atoms with E-state index in [-0.39, 0.29) is 11.8 Å². The number of hydrogen-bond donors (Lipinski definition) is 1. The fourth-order valence-electron chi connectivity index (χ4n) is 3.47. The van der Waals surface area contributed by atoms with Crippen LogP contribution in [-0.4, -0.2) is 35.0 Å².